The van der Waals surface area contributed by atoms with Crippen molar-refractivity contribution in [1.29, 1.82) is 0 Å². The summed E-state index contributed by atoms with van der Waals surface area (Å²) in [6.45, 7) is 5.53. The van der Waals surface area contributed by atoms with Crippen LogP contribution in [0.25, 0.3) is 16.7 Å². The zero-order chi connectivity index (χ0) is 25.2. The maximum Gasteiger partial charge on any atom is 0.343 e. The van der Waals surface area contributed by atoms with Crippen molar-refractivity contribution in [2.45, 2.75) is 26.3 Å². The van der Waals surface area contributed by atoms with Crippen molar-refractivity contribution < 1.29 is 19.4 Å². The Morgan fingerprint density at radius 2 is 1.80 bits per heavy atom. The number of carbonyl (C=O) groups excluding carboxylic acids is 2. The Morgan fingerprint density at radius 3 is 2.49 bits per heavy atom. The van der Waals surface area contributed by atoms with E-state index in [9.17, 15) is 14.7 Å². The summed E-state index contributed by atoms with van der Waals surface area (Å²) >= 11 is 0. The summed E-state index contributed by atoms with van der Waals surface area (Å²) in [4.78, 5) is 33.6. The van der Waals surface area contributed by atoms with Crippen LogP contribution in [0.5, 0.6) is 5.75 Å². The van der Waals surface area contributed by atoms with Gasteiger partial charge in [0.05, 0.1) is 18.9 Å². The molecule has 0 radical (unpaired) electrons. The summed E-state index contributed by atoms with van der Waals surface area (Å²) in [6, 6.07) is 10.3. The molecule has 11 heteroatoms. The highest BCUT2D eigenvalue weighted by molar-refractivity contribution is 6.11. The van der Waals surface area contributed by atoms with E-state index < -0.39 is 17.4 Å². The van der Waals surface area contributed by atoms with Gasteiger partial charge in [-0.3, -0.25) is 4.79 Å². The summed E-state index contributed by atoms with van der Waals surface area (Å²) in [5.74, 6) is -1.34. The third kappa shape index (κ3) is 4.83. The first-order valence-electron chi connectivity index (χ1n) is 10.6. The molecule has 4 aromatic rings. The van der Waals surface area contributed by atoms with Crippen molar-refractivity contribution in [3.63, 3.8) is 0 Å². The van der Waals surface area contributed by atoms with Gasteiger partial charge in [0.15, 0.2) is 11.6 Å². The Bertz CT molecular complexity index is 1440. The molecule has 35 heavy (non-hydrogen) atoms. The number of hydrogen-bond acceptors (Lipinski definition) is 9. The topological polar surface area (TPSA) is 144 Å². The monoisotopic (exact) mass is 473 g/mol. The normalized spacial score (nSPS) is 11.7. The van der Waals surface area contributed by atoms with Gasteiger partial charge in [-0.05, 0) is 43.7 Å². The van der Waals surface area contributed by atoms with Crippen molar-refractivity contribution >= 4 is 34.2 Å². The highest BCUT2D eigenvalue weighted by Gasteiger charge is 2.24. The molecule has 11 nitrogen and oxygen atoms in total. The maximum absolute atomic E-state index is 13.1. The predicted octanol–water partition coefficient (Wildman–Crippen LogP) is 4.25. The molecule has 0 aliphatic rings. The molecule has 0 atom stereocenters. The van der Waals surface area contributed by atoms with E-state index in [1.165, 1.54) is 30.4 Å². The Hall–Kier alpha value is -4.67. The molecule has 0 unspecified atom stereocenters. The molecule has 0 fully saturated rings. The van der Waals surface area contributed by atoms with Gasteiger partial charge in [0, 0.05) is 17.9 Å². The van der Waals surface area contributed by atoms with E-state index in [0.717, 1.165) is 0 Å². The number of aromatic nitrogens is 4. The van der Waals surface area contributed by atoms with E-state index in [4.69, 9.17) is 4.74 Å². The van der Waals surface area contributed by atoms with Gasteiger partial charge in [-0.25, -0.2) is 14.8 Å². The van der Waals surface area contributed by atoms with Crippen molar-refractivity contribution in [3.05, 3.63) is 66.1 Å². The fourth-order valence-corrected chi connectivity index (χ4v) is 3.37. The fourth-order valence-electron chi connectivity index (χ4n) is 3.37. The van der Waals surface area contributed by atoms with Crippen LogP contribution in [0.1, 0.15) is 41.5 Å². The number of fused-ring (bicyclic) bond motifs is 1. The molecule has 2 aromatic heterocycles. The van der Waals surface area contributed by atoms with Gasteiger partial charge < -0.3 is 15.2 Å². The highest BCUT2D eigenvalue weighted by atomic mass is 16.5. The SMILES string of the molecule is COC(=O)c1cnn(-c2ncccn2)c1/N=N/c1cc2ccccc2c(C(=O)NC(C)(C)C)c1O. The Kier molecular flexibility index (Phi) is 6.24. The summed E-state index contributed by atoms with van der Waals surface area (Å²) in [6.07, 6.45) is 4.29. The van der Waals surface area contributed by atoms with Gasteiger partial charge in [-0.1, -0.05) is 24.3 Å². The lowest BCUT2D eigenvalue weighted by molar-refractivity contribution is 0.0601. The Labute approximate surface area is 200 Å². The van der Waals surface area contributed by atoms with E-state index in [1.54, 1.807) is 30.3 Å². The number of rotatable bonds is 5. The number of phenols is 1. The molecule has 0 bridgehead atoms. The van der Waals surface area contributed by atoms with Gasteiger partial charge in [-0.15, -0.1) is 10.2 Å². The van der Waals surface area contributed by atoms with E-state index in [-0.39, 0.29) is 34.3 Å². The minimum absolute atomic E-state index is 0.00342. The minimum atomic E-state index is -0.686. The van der Waals surface area contributed by atoms with Crippen LogP contribution in [0.15, 0.2) is 65.2 Å². The van der Waals surface area contributed by atoms with Crippen molar-refractivity contribution in [1.82, 2.24) is 25.1 Å². The molecule has 0 aliphatic heterocycles. The first kappa shape index (κ1) is 23.5. The predicted molar refractivity (Wildman–Crippen MR) is 128 cm³/mol. The molecule has 2 N–H and O–H groups in total. The molecule has 4 rings (SSSR count). The number of phenolic OH excluding ortho intramolecular Hbond substituents is 1. The third-order valence-corrected chi connectivity index (χ3v) is 4.86. The number of nitrogens with zero attached hydrogens (tertiary/aromatic N) is 6. The number of ether oxygens (including phenoxy) is 1. The zero-order valence-electron chi connectivity index (χ0n) is 19.6. The van der Waals surface area contributed by atoms with Crippen LogP contribution in [0, 0.1) is 0 Å². The second-order valence-electron chi connectivity index (χ2n) is 8.58. The van der Waals surface area contributed by atoms with E-state index >= 15 is 0 Å². The van der Waals surface area contributed by atoms with E-state index in [1.807, 2.05) is 26.8 Å². The van der Waals surface area contributed by atoms with Gasteiger partial charge in [0.25, 0.3) is 11.9 Å². The number of benzene rings is 2. The standard InChI is InChI=1S/C24H23N7O4/c1-24(2,3)28-21(33)18-15-9-6-5-8-14(15)12-17(19(18)32)29-30-20-16(22(34)35-4)13-27-31(20)23-25-10-7-11-26-23/h5-13,32H,1-4H3,(H,28,33)/b30-29+. The van der Waals surface area contributed by atoms with Crippen molar-refractivity contribution in [2.24, 2.45) is 10.2 Å². The van der Waals surface area contributed by atoms with Crippen LogP contribution in [0.4, 0.5) is 11.5 Å². The lowest BCUT2D eigenvalue weighted by Crippen LogP contribution is -2.40. The average Bonchev–Trinajstić information content (AvgIpc) is 3.25. The molecule has 0 saturated heterocycles. The van der Waals surface area contributed by atoms with Crippen LogP contribution in [-0.2, 0) is 4.74 Å². The number of carbonyl (C=O) groups is 2. The minimum Gasteiger partial charge on any atom is -0.505 e. The number of esters is 1. The molecule has 2 heterocycles. The molecule has 2 aromatic carbocycles. The van der Waals surface area contributed by atoms with Crippen LogP contribution < -0.4 is 5.32 Å². The van der Waals surface area contributed by atoms with Crippen LogP contribution in [0.3, 0.4) is 0 Å². The summed E-state index contributed by atoms with van der Waals surface area (Å²) < 4.78 is 6.04. The number of aromatic hydroxyl groups is 1. The molecule has 0 aliphatic carbocycles. The van der Waals surface area contributed by atoms with Crippen molar-refractivity contribution in [2.75, 3.05) is 7.11 Å². The maximum atomic E-state index is 13.1. The van der Waals surface area contributed by atoms with Crippen LogP contribution >= 0.6 is 0 Å². The molecule has 0 saturated carbocycles. The largest absolute Gasteiger partial charge is 0.505 e. The number of hydrogen-bond donors (Lipinski definition) is 2. The Morgan fingerprint density at radius 1 is 1.09 bits per heavy atom. The van der Waals surface area contributed by atoms with Crippen LogP contribution in [0.2, 0.25) is 0 Å². The lowest BCUT2D eigenvalue weighted by atomic mass is 10.00. The third-order valence-electron chi connectivity index (χ3n) is 4.86. The van der Waals surface area contributed by atoms with E-state index in [0.29, 0.717) is 10.8 Å². The summed E-state index contributed by atoms with van der Waals surface area (Å²) in [5, 5.41) is 27.6. The number of amides is 1. The number of azo groups is 1. The van der Waals surface area contributed by atoms with Gasteiger partial charge in [0.2, 0.25) is 0 Å². The summed E-state index contributed by atoms with van der Waals surface area (Å²) in [7, 11) is 1.23. The van der Waals surface area contributed by atoms with E-state index in [2.05, 4.69) is 30.6 Å². The molecule has 0 spiro atoms. The van der Waals surface area contributed by atoms with Gasteiger partial charge in [-0.2, -0.15) is 9.78 Å². The zero-order valence-corrected chi connectivity index (χ0v) is 19.6. The fraction of sp³-hybridized carbons (Fsp3) is 0.208. The second-order valence-corrected chi connectivity index (χ2v) is 8.58. The number of methoxy groups -OCH3 is 1. The molecular formula is C24H23N7O4. The van der Waals surface area contributed by atoms with Gasteiger partial charge >= 0.3 is 5.97 Å². The average molecular weight is 473 g/mol. The summed E-state index contributed by atoms with van der Waals surface area (Å²) in [5.41, 5.74) is -0.408. The number of nitrogens with one attached hydrogen (secondary N) is 1. The first-order chi connectivity index (χ1) is 16.7. The quantitative estimate of drug-likeness (QED) is 0.326. The molecular weight excluding hydrogens is 450 g/mol. The first-order valence-corrected chi connectivity index (χ1v) is 10.6. The Balaban J connectivity index is 1.86. The molecule has 1 amide bonds. The molecule has 178 valence electrons. The van der Waals surface area contributed by atoms with Crippen molar-refractivity contribution in [3.8, 4) is 11.7 Å². The van der Waals surface area contributed by atoms with Crippen LogP contribution in [-0.4, -0.2) is 49.4 Å². The highest BCUT2D eigenvalue weighted by Crippen LogP contribution is 2.38. The smallest absolute Gasteiger partial charge is 0.343 e. The van der Waals surface area contributed by atoms with Gasteiger partial charge in [0.1, 0.15) is 11.3 Å². The second kappa shape index (κ2) is 9.29. The lowest BCUT2D eigenvalue weighted by Gasteiger charge is -2.21.